The average molecular weight is 341 g/mol. The number of nitrogens with zero attached hydrogens (tertiary/aromatic N) is 2. The van der Waals surface area contributed by atoms with Crippen molar-refractivity contribution in [3.8, 4) is 0 Å². The van der Waals surface area contributed by atoms with Crippen LogP contribution in [0.25, 0.3) is 0 Å². The maximum Gasteiger partial charge on any atom is 0.256 e. The highest BCUT2D eigenvalue weighted by Crippen LogP contribution is 2.26. The van der Waals surface area contributed by atoms with E-state index in [-0.39, 0.29) is 21.6 Å². The molecule has 22 heavy (non-hydrogen) atoms. The Labute approximate surface area is 132 Å². The van der Waals surface area contributed by atoms with E-state index in [0.717, 1.165) is 6.26 Å². The van der Waals surface area contributed by atoms with Gasteiger partial charge in [-0.25, -0.2) is 13.4 Å². The van der Waals surface area contributed by atoms with Gasteiger partial charge in [-0.05, 0) is 23.7 Å². The molecule has 0 atom stereocenters. The number of benzene rings is 1. The lowest BCUT2D eigenvalue weighted by Gasteiger charge is -2.12. The molecule has 1 heterocycles. The lowest BCUT2D eigenvalue weighted by Crippen LogP contribution is -2.20. The number of hydrogen-bond donors (Lipinski definition) is 2. The molecule has 116 valence electrons. The van der Waals surface area contributed by atoms with Crippen LogP contribution in [-0.4, -0.2) is 37.6 Å². The lowest BCUT2D eigenvalue weighted by atomic mass is 10.2. The Hall–Kier alpha value is -2.19. The van der Waals surface area contributed by atoms with Gasteiger partial charge in [0.05, 0.1) is 10.6 Å². The van der Waals surface area contributed by atoms with Crippen molar-refractivity contribution in [2.45, 2.75) is 4.90 Å². The zero-order valence-electron chi connectivity index (χ0n) is 11.8. The van der Waals surface area contributed by atoms with Gasteiger partial charge in [0.25, 0.3) is 5.91 Å². The summed E-state index contributed by atoms with van der Waals surface area (Å²) in [6.07, 6.45) is 2.36. The minimum Gasteiger partial charge on any atom is -0.355 e. The van der Waals surface area contributed by atoms with Gasteiger partial charge in [0, 0.05) is 19.5 Å². The van der Waals surface area contributed by atoms with E-state index < -0.39 is 15.7 Å². The van der Waals surface area contributed by atoms with Crippen LogP contribution in [0.5, 0.6) is 0 Å². The third kappa shape index (κ3) is 3.52. The minimum atomic E-state index is -3.44. The smallest absolute Gasteiger partial charge is 0.256 e. The first kappa shape index (κ1) is 16.2. The molecule has 0 aliphatic carbocycles. The van der Waals surface area contributed by atoms with Crippen molar-refractivity contribution in [1.29, 1.82) is 0 Å². The van der Waals surface area contributed by atoms with E-state index in [9.17, 15) is 13.2 Å². The fourth-order valence-corrected chi connectivity index (χ4v) is 2.75. The summed E-state index contributed by atoms with van der Waals surface area (Å²) in [5.41, 5.74) is 0.445. The first-order valence-corrected chi connectivity index (χ1v) is 8.40. The number of carbonyl (C=O) groups excluding carboxylic acids is 1. The van der Waals surface area contributed by atoms with Gasteiger partial charge in [0.1, 0.15) is 11.4 Å². The second-order valence-electron chi connectivity index (χ2n) is 4.37. The predicted molar refractivity (Wildman–Crippen MR) is 83.3 cm³/mol. The molecule has 1 aromatic carbocycles. The highest BCUT2D eigenvalue weighted by molar-refractivity contribution is 7.90. The number of sulfone groups is 1. The molecule has 2 rings (SSSR count). The summed E-state index contributed by atoms with van der Waals surface area (Å²) in [6.45, 7) is 0. The quantitative estimate of drug-likeness (QED) is 0.820. The van der Waals surface area contributed by atoms with Crippen molar-refractivity contribution >= 4 is 38.9 Å². The van der Waals surface area contributed by atoms with E-state index in [2.05, 4.69) is 20.6 Å². The third-order valence-corrected chi connectivity index (χ3v) is 4.11. The van der Waals surface area contributed by atoms with Gasteiger partial charge in [0.15, 0.2) is 9.84 Å². The van der Waals surface area contributed by atoms with Crippen LogP contribution >= 0.6 is 11.6 Å². The highest BCUT2D eigenvalue weighted by Gasteiger charge is 2.17. The van der Waals surface area contributed by atoms with Gasteiger partial charge in [-0.2, -0.15) is 4.98 Å². The molecule has 9 heteroatoms. The van der Waals surface area contributed by atoms with Crippen LogP contribution in [0.1, 0.15) is 10.4 Å². The molecule has 1 aromatic heterocycles. The number of aromatic nitrogens is 2. The molecule has 0 unspecified atom stereocenters. The number of anilines is 2. The third-order valence-electron chi connectivity index (χ3n) is 2.77. The summed E-state index contributed by atoms with van der Waals surface area (Å²) in [7, 11) is -1.98. The molecule has 0 saturated heterocycles. The summed E-state index contributed by atoms with van der Waals surface area (Å²) in [5.74, 6) is -0.300. The van der Waals surface area contributed by atoms with E-state index in [0.29, 0.717) is 5.69 Å². The van der Waals surface area contributed by atoms with Crippen LogP contribution in [0.4, 0.5) is 11.5 Å². The van der Waals surface area contributed by atoms with E-state index in [1.807, 2.05) is 0 Å². The molecule has 0 fully saturated rings. The Morgan fingerprint density at radius 1 is 1.27 bits per heavy atom. The zero-order chi connectivity index (χ0) is 16.3. The van der Waals surface area contributed by atoms with E-state index >= 15 is 0 Å². The standard InChI is InChI=1S/C13H13ClN4O3S/c1-15-12(19)8-7-16-13(14)18-11(8)17-9-5-3-4-6-10(9)22(2,20)21/h3-7H,1-2H3,(H,15,19)(H,16,17,18). The van der Waals surface area contributed by atoms with Gasteiger partial charge >= 0.3 is 0 Å². The predicted octanol–water partition coefficient (Wildman–Crippen LogP) is 1.64. The minimum absolute atomic E-state index is 0.0630. The maximum atomic E-state index is 11.8. The molecular weight excluding hydrogens is 328 g/mol. The Balaban J connectivity index is 2.53. The fraction of sp³-hybridized carbons (Fsp3) is 0.154. The largest absolute Gasteiger partial charge is 0.355 e. The van der Waals surface area contributed by atoms with Crippen LogP contribution in [-0.2, 0) is 9.84 Å². The number of nitrogens with one attached hydrogen (secondary N) is 2. The number of halogens is 1. The molecule has 2 N–H and O–H groups in total. The molecule has 0 radical (unpaired) electrons. The van der Waals surface area contributed by atoms with Crippen LogP contribution in [0, 0.1) is 0 Å². The van der Waals surface area contributed by atoms with Gasteiger partial charge in [-0.3, -0.25) is 4.79 Å². The Morgan fingerprint density at radius 2 is 1.95 bits per heavy atom. The normalized spacial score (nSPS) is 11.0. The topological polar surface area (TPSA) is 101 Å². The summed E-state index contributed by atoms with van der Waals surface area (Å²) >= 11 is 5.75. The number of para-hydroxylation sites is 1. The van der Waals surface area contributed by atoms with Crippen LogP contribution < -0.4 is 10.6 Å². The molecule has 0 aliphatic rings. The second-order valence-corrected chi connectivity index (χ2v) is 6.70. The second kappa shape index (κ2) is 6.29. The number of rotatable bonds is 4. The highest BCUT2D eigenvalue weighted by atomic mass is 35.5. The monoisotopic (exact) mass is 340 g/mol. The Kier molecular flexibility index (Phi) is 4.62. The Bertz CT molecular complexity index is 824. The van der Waals surface area contributed by atoms with Crippen LogP contribution in [0.2, 0.25) is 5.28 Å². The summed E-state index contributed by atoms with van der Waals surface area (Å²) in [5, 5.41) is 5.22. The molecular formula is C13H13ClN4O3S. The number of carbonyl (C=O) groups is 1. The van der Waals surface area contributed by atoms with Crippen molar-refractivity contribution in [3.05, 3.63) is 41.3 Å². The molecule has 0 aliphatic heterocycles. The SMILES string of the molecule is CNC(=O)c1cnc(Cl)nc1Nc1ccccc1S(C)(=O)=O. The zero-order valence-corrected chi connectivity index (χ0v) is 13.4. The van der Waals surface area contributed by atoms with Crippen molar-refractivity contribution in [3.63, 3.8) is 0 Å². The van der Waals surface area contributed by atoms with Crippen molar-refractivity contribution in [2.75, 3.05) is 18.6 Å². The molecule has 7 nitrogen and oxygen atoms in total. The van der Waals surface area contributed by atoms with E-state index in [1.165, 1.54) is 19.3 Å². The van der Waals surface area contributed by atoms with Gasteiger partial charge in [0.2, 0.25) is 5.28 Å². The van der Waals surface area contributed by atoms with Crippen molar-refractivity contribution in [1.82, 2.24) is 15.3 Å². The number of hydrogen-bond acceptors (Lipinski definition) is 6. The average Bonchev–Trinajstić information content (AvgIpc) is 2.46. The first-order chi connectivity index (χ1) is 10.3. The first-order valence-electron chi connectivity index (χ1n) is 6.13. The molecule has 0 saturated carbocycles. The summed E-state index contributed by atoms with van der Waals surface area (Å²) in [4.78, 5) is 19.6. The van der Waals surface area contributed by atoms with E-state index in [1.54, 1.807) is 18.2 Å². The van der Waals surface area contributed by atoms with Crippen LogP contribution in [0.15, 0.2) is 35.4 Å². The molecule has 2 aromatic rings. The lowest BCUT2D eigenvalue weighted by molar-refractivity contribution is 0.0963. The molecule has 0 spiro atoms. The molecule has 0 bridgehead atoms. The van der Waals surface area contributed by atoms with Gasteiger partial charge < -0.3 is 10.6 Å². The summed E-state index contributed by atoms with van der Waals surface area (Å²) < 4.78 is 23.6. The van der Waals surface area contributed by atoms with Gasteiger partial charge in [-0.15, -0.1) is 0 Å². The number of amides is 1. The maximum absolute atomic E-state index is 11.8. The molecule has 1 amide bonds. The van der Waals surface area contributed by atoms with Crippen molar-refractivity contribution < 1.29 is 13.2 Å². The van der Waals surface area contributed by atoms with E-state index in [4.69, 9.17) is 11.6 Å². The van der Waals surface area contributed by atoms with Crippen LogP contribution in [0.3, 0.4) is 0 Å². The Morgan fingerprint density at radius 3 is 2.59 bits per heavy atom. The summed E-state index contributed by atoms with van der Waals surface area (Å²) in [6, 6.07) is 6.30. The fourth-order valence-electron chi connectivity index (χ4n) is 1.78. The van der Waals surface area contributed by atoms with Gasteiger partial charge in [-0.1, -0.05) is 12.1 Å². The van der Waals surface area contributed by atoms with Crippen molar-refractivity contribution in [2.24, 2.45) is 0 Å².